The van der Waals surface area contributed by atoms with E-state index in [0.29, 0.717) is 16.2 Å². The van der Waals surface area contributed by atoms with E-state index in [4.69, 9.17) is 4.99 Å². The number of aliphatic imine (C=N–C) groups is 1. The van der Waals surface area contributed by atoms with Crippen LogP contribution < -0.4 is 0 Å². The third-order valence-corrected chi connectivity index (χ3v) is 10.0. The average Bonchev–Trinajstić information content (AvgIpc) is 3.12. The Bertz CT molecular complexity index is 618. The minimum atomic E-state index is 0.443. The number of allylic oxidation sites excluding steroid dienone is 1. The van der Waals surface area contributed by atoms with E-state index in [9.17, 15) is 0 Å². The lowest BCUT2D eigenvalue weighted by atomic mass is 9.58. The van der Waals surface area contributed by atoms with Crippen molar-refractivity contribution in [3.05, 3.63) is 12.2 Å². The summed E-state index contributed by atoms with van der Waals surface area (Å²) in [6.45, 7) is 20.1. The molecule has 0 aromatic rings. The van der Waals surface area contributed by atoms with Gasteiger partial charge in [-0.1, -0.05) is 72.0 Å². The first-order valence-corrected chi connectivity index (χ1v) is 13.0. The van der Waals surface area contributed by atoms with Crippen molar-refractivity contribution in [3.63, 3.8) is 0 Å². The van der Waals surface area contributed by atoms with Gasteiger partial charge < -0.3 is 0 Å². The molecule has 0 spiro atoms. The molecule has 0 aromatic carbocycles. The van der Waals surface area contributed by atoms with Crippen LogP contribution in [0.15, 0.2) is 17.1 Å². The fourth-order valence-corrected chi connectivity index (χ4v) is 8.94. The van der Waals surface area contributed by atoms with Gasteiger partial charge in [0.2, 0.25) is 0 Å². The molecule has 1 nitrogen and oxygen atoms in total. The molecule has 0 N–H and O–H groups in total. The fourth-order valence-electron chi connectivity index (χ4n) is 8.94. The Balaban J connectivity index is 1.76. The lowest BCUT2D eigenvalue weighted by molar-refractivity contribution is 0.0475. The van der Waals surface area contributed by atoms with Gasteiger partial charge in [-0.05, 0) is 81.5 Å². The van der Waals surface area contributed by atoms with Gasteiger partial charge in [0.15, 0.2) is 0 Å². The predicted molar refractivity (Wildman–Crippen MR) is 129 cm³/mol. The molecule has 1 heteroatoms. The quantitative estimate of drug-likeness (QED) is 0.187. The summed E-state index contributed by atoms with van der Waals surface area (Å²) >= 11 is 0. The highest BCUT2D eigenvalue weighted by molar-refractivity contribution is 5.85. The van der Waals surface area contributed by atoms with Crippen molar-refractivity contribution in [2.45, 2.75) is 119 Å². The zero-order valence-electron chi connectivity index (χ0n) is 20.6. The van der Waals surface area contributed by atoms with Gasteiger partial charge in [0, 0.05) is 23.6 Å². The molecule has 0 saturated heterocycles. The van der Waals surface area contributed by atoms with E-state index in [1.807, 2.05) is 0 Å². The first kappa shape index (κ1) is 23.1. The zero-order chi connectivity index (χ0) is 21.3. The molecule has 166 valence electrons. The molecule has 6 unspecified atom stereocenters. The van der Waals surface area contributed by atoms with Crippen molar-refractivity contribution in [3.8, 4) is 0 Å². The van der Waals surface area contributed by atoms with Crippen molar-refractivity contribution in [1.29, 1.82) is 0 Å². The molecule has 29 heavy (non-hydrogen) atoms. The summed E-state index contributed by atoms with van der Waals surface area (Å²) < 4.78 is 0. The summed E-state index contributed by atoms with van der Waals surface area (Å²) in [7, 11) is 0. The Labute approximate surface area is 182 Å². The van der Waals surface area contributed by atoms with E-state index in [0.717, 1.165) is 24.3 Å². The first-order valence-electron chi connectivity index (χ1n) is 13.0. The molecule has 0 amide bonds. The number of nitrogens with zero attached hydrogens (tertiary/aromatic N) is 1. The van der Waals surface area contributed by atoms with Crippen LogP contribution in [0.1, 0.15) is 119 Å². The van der Waals surface area contributed by atoms with Gasteiger partial charge in [-0.25, -0.2) is 0 Å². The van der Waals surface area contributed by atoms with Crippen LogP contribution in [0.5, 0.6) is 0 Å². The zero-order valence-corrected chi connectivity index (χ0v) is 20.6. The lowest BCUT2D eigenvalue weighted by Crippen LogP contribution is -2.41. The maximum Gasteiger partial charge on any atom is 0.0388 e. The Hall–Kier alpha value is -0.590. The van der Waals surface area contributed by atoms with Crippen molar-refractivity contribution in [2.75, 3.05) is 6.54 Å². The highest BCUT2D eigenvalue weighted by Gasteiger charge is 2.81. The minimum Gasteiger partial charge on any atom is -0.294 e. The molecule has 3 aliphatic carbocycles. The van der Waals surface area contributed by atoms with E-state index in [1.165, 1.54) is 88.3 Å². The molecular weight excluding hydrogens is 350 g/mol. The molecule has 0 radical (unpaired) electrons. The van der Waals surface area contributed by atoms with Crippen LogP contribution in [-0.2, 0) is 0 Å². The van der Waals surface area contributed by atoms with E-state index in [1.54, 1.807) is 0 Å². The molecule has 3 saturated carbocycles. The highest BCUT2D eigenvalue weighted by Crippen LogP contribution is 2.86. The van der Waals surface area contributed by atoms with Crippen LogP contribution in [0.2, 0.25) is 0 Å². The standard InChI is InChI=1S/C28H49N/c1-8-11-12-13-14-20-29-22(6)23-15-16-24-26(23,7)19-17-25-27(24,10-3)28(25,18-9-2)21(4)5/h23-25H,4,8-20H2,1-3,5-7H3. The molecular formula is C28H49N. The third-order valence-electron chi connectivity index (χ3n) is 10.0. The molecule has 3 rings (SSSR count). The largest absolute Gasteiger partial charge is 0.294 e. The van der Waals surface area contributed by atoms with Gasteiger partial charge in [0.25, 0.3) is 0 Å². The van der Waals surface area contributed by atoms with Crippen molar-refractivity contribution in [1.82, 2.24) is 0 Å². The molecule has 3 aliphatic rings. The van der Waals surface area contributed by atoms with E-state index in [-0.39, 0.29) is 0 Å². The van der Waals surface area contributed by atoms with Crippen LogP contribution >= 0.6 is 0 Å². The Morgan fingerprint density at radius 1 is 0.931 bits per heavy atom. The monoisotopic (exact) mass is 399 g/mol. The number of unbranched alkanes of at least 4 members (excludes halogenated alkanes) is 4. The first-order chi connectivity index (χ1) is 13.9. The smallest absolute Gasteiger partial charge is 0.0388 e. The van der Waals surface area contributed by atoms with Crippen LogP contribution in [0.25, 0.3) is 0 Å². The SMILES string of the molecule is C=C(C)C1(CCC)C2CCC3(C)C(C(C)=NCCCCCCC)CCC3C21CC. The van der Waals surface area contributed by atoms with E-state index < -0.39 is 0 Å². The van der Waals surface area contributed by atoms with Gasteiger partial charge in [-0.3, -0.25) is 4.99 Å². The Morgan fingerprint density at radius 3 is 2.28 bits per heavy atom. The molecule has 0 bridgehead atoms. The second-order valence-electron chi connectivity index (χ2n) is 11.1. The maximum absolute atomic E-state index is 5.13. The summed E-state index contributed by atoms with van der Waals surface area (Å²) in [5.41, 5.74) is 4.42. The third kappa shape index (κ3) is 3.38. The number of hydrogen-bond acceptors (Lipinski definition) is 1. The van der Waals surface area contributed by atoms with Gasteiger partial charge >= 0.3 is 0 Å². The van der Waals surface area contributed by atoms with Gasteiger partial charge in [-0.15, -0.1) is 0 Å². The topological polar surface area (TPSA) is 12.4 Å². The average molecular weight is 400 g/mol. The highest BCUT2D eigenvalue weighted by atomic mass is 14.9. The minimum absolute atomic E-state index is 0.443. The van der Waals surface area contributed by atoms with Gasteiger partial charge in [0.05, 0.1) is 0 Å². The van der Waals surface area contributed by atoms with Crippen LogP contribution in [0.4, 0.5) is 0 Å². The summed E-state index contributed by atoms with van der Waals surface area (Å²) in [5, 5.41) is 0. The molecule has 0 heterocycles. The van der Waals surface area contributed by atoms with Crippen molar-refractivity contribution in [2.24, 2.45) is 39.0 Å². The second-order valence-corrected chi connectivity index (χ2v) is 11.1. The summed E-state index contributed by atoms with van der Waals surface area (Å²) in [5.74, 6) is 2.50. The summed E-state index contributed by atoms with van der Waals surface area (Å²) in [6, 6.07) is 0. The van der Waals surface area contributed by atoms with Gasteiger partial charge in [-0.2, -0.15) is 0 Å². The van der Waals surface area contributed by atoms with Crippen molar-refractivity contribution >= 4 is 5.71 Å². The van der Waals surface area contributed by atoms with Crippen LogP contribution in [0.3, 0.4) is 0 Å². The predicted octanol–water partition coefficient (Wildman–Crippen LogP) is 8.63. The molecule has 0 aromatic heterocycles. The molecule has 3 fully saturated rings. The second kappa shape index (κ2) is 8.88. The number of hydrogen-bond donors (Lipinski definition) is 0. The van der Waals surface area contributed by atoms with Crippen LogP contribution in [0, 0.1) is 34.0 Å². The normalized spacial score (nSPS) is 41.2. The lowest BCUT2D eigenvalue weighted by Gasteiger charge is -2.46. The van der Waals surface area contributed by atoms with Crippen LogP contribution in [-0.4, -0.2) is 12.3 Å². The number of fused-ring (bicyclic) bond motifs is 3. The maximum atomic E-state index is 5.13. The van der Waals surface area contributed by atoms with E-state index in [2.05, 4.69) is 48.1 Å². The molecule has 0 aliphatic heterocycles. The summed E-state index contributed by atoms with van der Waals surface area (Å²) in [4.78, 5) is 5.13. The van der Waals surface area contributed by atoms with E-state index >= 15 is 0 Å². The Morgan fingerprint density at radius 2 is 1.66 bits per heavy atom. The fraction of sp³-hybridized carbons (Fsp3) is 0.893. The summed E-state index contributed by atoms with van der Waals surface area (Å²) in [6.07, 6.45) is 16.4. The number of rotatable bonds is 11. The molecule has 6 atom stereocenters. The van der Waals surface area contributed by atoms with Crippen molar-refractivity contribution < 1.29 is 0 Å². The van der Waals surface area contributed by atoms with Gasteiger partial charge in [0.1, 0.15) is 0 Å². The Kier molecular flexibility index (Phi) is 7.06.